The number of carbonyl (C=O) groups is 1. The average molecular weight is 460 g/mol. The molecule has 0 bridgehead atoms. The smallest absolute Gasteiger partial charge is 0.283 e. The summed E-state index contributed by atoms with van der Waals surface area (Å²) < 4.78 is 1.58. The first-order valence-electron chi connectivity index (χ1n) is 10.6. The van der Waals surface area contributed by atoms with Crippen LogP contribution in [0.5, 0.6) is 0 Å². The van der Waals surface area contributed by atoms with Gasteiger partial charge in [-0.05, 0) is 40.4 Å². The Morgan fingerprint density at radius 1 is 1.00 bits per heavy atom. The lowest BCUT2D eigenvalue weighted by Gasteiger charge is -2.36. The lowest BCUT2D eigenvalue weighted by molar-refractivity contribution is 0.0752. The normalized spacial score (nSPS) is 13.9. The Morgan fingerprint density at radius 3 is 2.45 bits per heavy atom. The van der Waals surface area contributed by atoms with Gasteiger partial charge in [0.05, 0.1) is 22.6 Å². The number of aromatic nitrogens is 2. The quantitative estimate of drug-likeness (QED) is 0.423. The minimum Gasteiger partial charge on any atom is -0.365 e. The standard InChI is InChI=1S/C24H21N5O3S/c30-23(20-6-3-15-33-20)28-13-11-27(12-14-28)22-18-4-1-2-5-19(18)29(24(31)21(22)26-32)16-17-7-9-25-10-8-17/h1-10,15H,11-14,16H2. The summed E-state index contributed by atoms with van der Waals surface area (Å²) in [6.07, 6.45) is 3.35. The molecule has 0 atom stereocenters. The number of hydrogen-bond donors (Lipinski definition) is 0. The van der Waals surface area contributed by atoms with E-state index in [-0.39, 0.29) is 11.6 Å². The van der Waals surface area contributed by atoms with E-state index in [1.54, 1.807) is 17.0 Å². The Kier molecular flexibility index (Phi) is 5.70. The molecule has 0 spiro atoms. The van der Waals surface area contributed by atoms with Crippen LogP contribution in [0.1, 0.15) is 15.2 Å². The number of benzene rings is 1. The molecule has 0 N–H and O–H groups in total. The van der Waals surface area contributed by atoms with Gasteiger partial charge >= 0.3 is 0 Å². The first kappa shape index (κ1) is 21.0. The molecule has 0 aliphatic carbocycles. The summed E-state index contributed by atoms with van der Waals surface area (Å²) in [7, 11) is 0. The molecule has 1 saturated heterocycles. The van der Waals surface area contributed by atoms with E-state index in [2.05, 4.69) is 10.2 Å². The van der Waals surface area contributed by atoms with Crippen LogP contribution in [0.25, 0.3) is 10.9 Å². The van der Waals surface area contributed by atoms with Crippen LogP contribution < -0.4 is 10.5 Å². The van der Waals surface area contributed by atoms with Gasteiger partial charge < -0.3 is 14.4 Å². The number of nitroso groups, excluding NO2 is 1. The molecule has 1 amide bonds. The molecule has 4 aromatic rings. The lowest BCUT2D eigenvalue weighted by atomic mass is 10.1. The highest BCUT2D eigenvalue weighted by molar-refractivity contribution is 7.12. The first-order chi connectivity index (χ1) is 16.2. The van der Waals surface area contributed by atoms with Crippen LogP contribution in [0.2, 0.25) is 0 Å². The number of thiophene rings is 1. The van der Waals surface area contributed by atoms with E-state index in [0.717, 1.165) is 16.5 Å². The van der Waals surface area contributed by atoms with E-state index < -0.39 is 5.56 Å². The summed E-state index contributed by atoms with van der Waals surface area (Å²) >= 11 is 1.42. The molecule has 0 unspecified atom stereocenters. The van der Waals surface area contributed by atoms with E-state index in [4.69, 9.17) is 0 Å². The molecule has 33 heavy (non-hydrogen) atoms. The van der Waals surface area contributed by atoms with Crippen molar-refractivity contribution in [1.29, 1.82) is 0 Å². The number of nitrogens with zero attached hydrogens (tertiary/aromatic N) is 5. The Balaban J connectivity index is 1.52. The van der Waals surface area contributed by atoms with Crippen LogP contribution in [-0.2, 0) is 6.54 Å². The summed E-state index contributed by atoms with van der Waals surface area (Å²) in [6.45, 7) is 2.34. The van der Waals surface area contributed by atoms with Crippen molar-refractivity contribution in [3.8, 4) is 0 Å². The second kappa shape index (κ2) is 8.95. The molecule has 1 fully saturated rings. The van der Waals surface area contributed by atoms with Crippen LogP contribution in [0.4, 0.5) is 11.4 Å². The van der Waals surface area contributed by atoms with E-state index in [1.807, 2.05) is 63.7 Å². The van der Waals surface area contributed by atoms with Crippen molar-refractivity contribution in [3.63, 3.8) is 0 Å². The largest absolute Gasteiger partial charge is 0.365 e. The number of para-hydroxylation sites is 1. The van der Waals surface area contributed by atoms with E-state index in [0.29, 0.717) is 43.3 Å². The van der Waals surface area contributed by atoms with Crippen molar-refractivity contribution in [2.24, 2.45) is 5.18 Å². The number of piperazine rings is 1. The zero-order chi connectivity index (χ0) is 22.8. The highest BCUT2D eigenvalue weighted by Crippen LogP contribution is 2.35. The topological polar surface area (TPSA) is 87.9 Å². The Hall–Kier alpha value is -3.85. The van der Waals surface area contributed by atoms with Crippen LogP contribution in [0.3, 0.4) is 0 Å². The van der Waals surface area contributed by atoms with Gasteiger partial charge in [0, 0.05) is 44.0 Å². The maximum Gasteiger partial charge on any atom is 0.283 e. The molecule has 0 saturated carbocycles. The highest BCUT2D eigenvalue weighted by atomic mass is 32.1. The maximum atomic E-state index is 13.4. The Labute approximate surface area is 193 Å². The molecule has 0 radical (unpaired) electrons. The minimum absolute atomic E-state index is 0.0102. The molecule has 1 aliphatic rings. The van der Waals surface area contributed by atoms with Gasteiger partial charge in [0.15, 0.2) is 5.69 Å². The van der Waals surface area contributed by atoms with E-state index in [9.17, 15) is 14.5 Å². The zero-order valence-corrected chi connectivity index (χ0v) is 18.6. The van der Waals surface area contributed by atoms with Crippen LogP contribution in [0, 0.1) is 4.91 Å². The molecule has 3 aromatic heterocycles. The third-order valence-corrected chi connectivity index (χ3v) is 6.78. The van der Waals surface area contributed by atoms with Crippen molar-refractivity contribution >= 4 is 39.5 Å². The van der Waals surface area contributed by atoms with Gasteiger partial charge in [-0.25, -0.2) is 0 Å². The monoisotopic (exact) mass is 459 g/mol. The fraction of sp³-hybridized carbons (Fsp3) is 0.208. The fourth-order valence-electron chi connectivity index (χ4n) is 4.29. The van der Waals surface area contributed by atoms with E-state index in [1.165, 1.54) is 11.3 Å². The SMILES string of the molecule is O=Nc1c(N2CCN(C(=O)c3cccs3)CC2)c2ccccc2n(Cc2ccncc2)c1=O. The summed E-state index contributed by atoms with van der Waals surface area (Å²) in [5.74, 6) is 0.0102. The highest BCUT2D eigenvalue weighted by Gasteiger charge is 2.27. The Morgan fingerprint density at radius 2 is 1.76 bits per heavy atom. The third kappa shape index (κ3) is 3.91. The maximum absolute atomic E-state index is 13.4. The summed E-state index contributed by atoms with van der Waals surface area (Å²) in [5.41, 5.74) is 1.66. The van der Waals surface area contributed by atoms with Crippen molar-refractivity contribution in [1.82, 2.24) is 14.5 Å². The minimum atomic E-state index is -0.424. The molecule has 166 valence electrons. The van der Waals surface area contributed by atoms with Gasteiger partial charge in [0.1, 0.15) is 0 Å². The Bertz CT molecular complexity index is 1360. The second-order valence-electron chi connectivity index (χ2n) is 7.81. The van der Waals surface area contributed by atoms with Gasteiger partial charge in [-0.3, -0.25) is 14.6 Å². The predicted molar refractivity (Wildman–Crippen MR) is 129 cm³/mol. The number of fused-ring (bicyclic) bond motifs is 1. The van der Waals surface area contributed by atoms with Crippen molar-refractivity contribution in [3.05, 3.63) is 92.0 Å². The van der Waals surface area contributed by atoms with Crippen molar-refractivity contribution in [2.75, 3.05) is 31.1 Å². The predicted octanol–water partition coefficient (Wildman–Crippen LogP) is 3.87. The van der Waals surface area contributed by atoms with Crippen molar-refractivity contribution in [2.45, 2.75) is 6.54 Å². The van der Waals surface area contributed by atoms with Gasteiger partial charge in [-0.2, -0.15) is 0 Å². The molecule has 1 aliphatic heterocycles. The number of anilines is 1. The number of rotatable bonds is 5. The first-order valence-corrected chi connectivity index (χ1v) is 11.5. The lowest BCUT2D eigenvalue weighted by Crippen LogP contribution is -2.49. The average Bonchev–Trinajstić information content (AvgIpc) is 3.41. The molecule has 1 aromatic carbocycles. The zero-order valence-electron chi connectivity index (χ0n) is 17.8. The van der Waals surface area contributed by atoms with Gasteiger partial charge in [0.2, 0.25) is 0 Å². The molecular weight excluding hydrogens is 438 g/mol. The summed E-state index contributed by atoms with van der Waals surface area (Å²) in [4.78, 5) is 46.5. The third-order valence-electron chi connectivity index (χ3n) is 5.92. The van der Waals surface area contributed by atoms with E-state index >= 15 is 0 Å². The number of amides is 1. The van der Waals surface area contributed by atoms with Crippen LogP contribution >= 0.6 is 11.3 Å². The molecule has 4 heterocycles. The molecule has 5 rings (SSSR count). The summed E-state index contributed by atoms with van der Waals surface area (Å²) in [5, 5.41) is 5.85. The van der Waals surface area contributed by atoms with Gasteiger partial charge in [0.25, 0.3) is 11.5 Å². The van der Waals surface area contributed by atoms with Crippen LogP contribution in [-0.4, -0.2) is 46.5 Å². The van der Waals surface area contributed by atoms with Gasteiger partial charge in [-0.15, -0.1) is 16.2 Å². The second-order valence-corrected chi connectivity index (χ2v) is 8.76. The number of carbonyl (C=O) groups excluding carboxylic acids is 1. The molecule has 9 heteroatoms. The summed E-state index contributed by atoms with van der Waals surface area (Å²) in [6, 6.07) is 14.9. The van der Waals surface area contributed by atoms with Crippen molar-refractivity contribution < 1.29 is 4.79 Å². The molecule has 8 nitrogen and oxygen atoms in total. The molecular formula is C24H21N5O3S. The van der Waals surface area contributed by atoms with Crippen LogP contribution in [0.15, 0.2) is 76.3 Å². The number of hydrogen-bond acceptors (Lipinski definition) is 7. The fourth-order valence-corrected chi connectivity index (χ4v) is 4.99. The van der Waals surface area contributed by atoms with Gasteiger partial charge in [-0.1, -0.05) is 24.3 Å². The number of pyridine rings is 2.